The van der Waals surface area contributed by atoms with E-state index >= 15 is 0 Å². The number of aryl methyl sites for hydroxylation is 1. The Labute approximate surface area is 199 Å². The third-order valence-corrected chi connectivity index (χ3v) is 7.35. The van der Waals surface area contributed by atoms with E-state index in [1.165, 1.54) is 42.4 Å². The summed E-state index contributed by atoms with van der Waals surface area (Å²) in [6.07, 6.45) is 8.27. The van der Waals surface area contributed by atoms with E-state index in [0.29, 0.717) is 24.2 Å². The van der Waals surface area contributed by atoms with Crippen LogP contribution >= 0.6 is 0 Å². The monoisotopic (exact) mass is 444 g/mol. The van der Waals surface area contributed by atoms with E-state index in [1.54, 1.807) is 12.1 Å². The van der Waals surface area contributed by atoms with E-state index in [0.717, 1.165) is 30.7 Å². The summed E-state index contributed by atoms with van der Waals surface area (Å²) in [5, 5.41) is 0. The van der Waals surface area contributed by atoms with Gasteiger partial charge < -0.3 is 4.74 Å². The third-order valence-electron chi connectivity index (χ3n) is 7.35. The summed E-state index contributed by atoms with van der Waals surface area (Å²) < 4.78 is 19.4. The molecule has 0 saturated heterocycles. The minimum Gasteiger partial charge on any atom is -0.491 e. The van der Waals surface area contributed by atoms with Crippen molar-refractivity contribution in [2.45, 2.75) is 70.6 Å². The molecule has 1 fully saturated rings. The molecular weight excluding hydrogens is 407 g/mol. The average molecular weight is 445 g/mol. The zero-order valence-corrected chi connectivity index (χ0v) is 20.1. The first-order valence-electron chi connectivity index (χ1n) is 12.7. The van der Waals surface area contributed by atoms with Gasteiger partial charge in [0.15, 0.2) is 11.6 Å². The molecule has 1 saturated carbocycles. The van der Waals surface area contributed by atoms with Crippen molar-refractivity contribution in [3.63, 3.8) is 0 Å². The highest BCUT2D eigenvalue weighted by molar-refractivity contribution is 5.30. The second kappa shape index (κ2) is 11.5. The molecule has 1 nitrogen and oxygen atoms in total. The van der Waals surface area contributed by atoms with Crippen LogP contribution in [0.15, 0.2) is 72.8 Å². The Balaban J connectivity index is 1.24. The fraction of sp³-hybridized carbons (Fsp3) is 0.419. The zero-order valence-electron chi connectivity index (χ0n) is 20.1. The van der Waals surface area contributed by atoms with Crippen molar-refractivity contribution >= 4 is 0 Å². The van der Waals surface area contributed by atoms with Crippen molar-refractivity contribution in [2.24, 2.45) is 5.92 Å². The van der Waals surface area contributed by atoms with Crippen LogP contribution in [0.25, 0.3) is 0 Å². The van der Waals surface area contributed by atoms with Crippen molar-refractivity contribution in [1.29, 1.82) is 0 Å². The fourth-order valence-electron chi connectivity index (χ4n) is 5.31. The van der Waals surface area contributed by atoms with Crippen LogP contribution in [-0.2, 0) is 12.8 Å². The predicted molar refractivity (Wildman–Crippen MR) is 136 cm³/mol. The van der Waals surface area contributed by atoms with Crippen molar-refractivity contribution in [1.82, 2.24) is 0 Å². The Bertz CT molecular complexity index is 987. The van der Waals surface area contributed by atoms with Crippen molar-refractivity contribution in [3.05, 3.63) is 101 Å². The molecular formula is C31H37FO. The lowest BCUT2D eigenvalue weighted by atomic mass is 9.76. The van der Waals surface area contributed by atoms with E-state index in [2.05, 4.69) is 61.5 Å². The highest BCUT2D eigenvalue weighted by atomic mass is 19.1. The molecule has 3 aromatic rings. The summed E-state index contributed by atoms with van der Waals surface area (Å²) in [6.45, 7) is 4.69. The number of benzene rings is 3. The summed E-state index contributed by atoms with van der Waals surface area (Å²) in [7, 11) is 0. The third kappa shape index (κ3) is 6.47. The van der Waals surface area contributed by atoms with Crippen LogP contribution in [0.3, 0.4) is 0 Å². The van der Waals surface area contributed by atoms with E-state index in [1.807, 2.05) is 13.0 Å². The molecule has 174 valence electrons. The number of rotatable bonds is 9. The van der Waals surface area contributed by atoms with Crippen LogP contribution in [0, 0.1) is 11.7 Å². The Morgan fingerprint density at radius 1 is 0.879 bits per heavy atom. The van der Waals surface area contributed by atoms with E-state index < -0.39 is 0 Å². The van der Waals surface area contributed by atoms with Gasteiger partial charge in [-0.1, -0.05) is 67.6 Å². The highest BCUT2D eigenvalue weighted by Crippen LogP contribution is 2.38. The topological polar surface area (TPSA) is 9.23 Å². The number of ether oxygens (including phenoxy) is 1. The maximum atomic E-state index is 14.1. The van der Waals surface area contributed by atoms with Crippen LogP contribution in [0.4, 0.5) is 4.39 Å². The predicted octanol–water partition coefficient (Wildman–Crippen LogP) is 8.48. The van der Waals surface area contributed by atoms with Crippen LogP contribution < -0.4 is 4.74 Å². The summed E-state index contributed by atoms with van der Waals surface area (Å²) in [6, 6.07) is 25.6. The Morgan fingerprint density at radius 3 is 2.24 bits per heavy atom. The van der Waals surface area contributed by atoms with Gasteiger partial charge in [-0.25, -0.2) is 4.39 Å². The van der Waals surface area contributed by atoms with Crippen LogP contribution in [0.5, 0.6) is 5.75 Å². The Hall–Kier alpha value is -2.61. The quantitative estimate of drug-likeness (QED) is 0.321. The first-order valence-corrected chi connectivity index (χ1v) is 12.7. The van der Waals surface area contributed by atoms with Crippen molar-refractivity contribution < 1.29 is 9.13 Å². The molecule has 0 amide bonds. The van der Waals surface area contributed by atoms with Gasteiger partial charge in [0.1, 0.15) is 0 Å². The first kappa shape index (κ1) is 23.5. The molecule has 1 atom stereocenters. The standard InChI is InChI=1S/C31H37FO/c1-3-33-31-20-15-26(22-30(31)32)10-9-24-11-16-28(17-12-24)29-18-13-25(14-19-29)21-23(2)27-7-5-4-6-8-27/h4-8,13-15,18-20,22-24,28H,3,9-12,16-17,21H2,1-2H3. The Morgan fingerprint density at radius 2 is 1.58 bits per heavy atom. The summed E-state index contributed by atoms with van der Waals surface area (Å²) in [5.41, 5.74) is 5.41. The largest absolute Gasteiger partial charge is 0.491 e. The Kier molecular flexibility index (Phi) is 8.20. The summed E-state index contributed by atoms with van der Waals surface area (Å²) in [4.78, 5) is 0. The van der Waals surface area contributed by atoms with Gasteiger partial charge in [0, 0.05) is 0 Å². The minimum atomic E-state index is -0.236. The van der Waals surface area contributed by atoms with E-state index in [-0.39, 0.29) is 5.82 Å². The van der Waals surface area contributed by atoms with Crippen LogP contribution in [0.1, 0.15) is 80.0 Å². The molecule has 0 spiro atoms. The molecule has 0 heterocycles. The lowest BCUT2D eigenvalue weighted by Gasteiger charge is -2.29. The fourth-order valence-corrected chi connectivity index (χ4v) is 5.31. The molecule has 33 heavy (non-hydrogen) atoms. The van der Waals surface area contributed by atoms with Gasteiger partial charge in [-0.2, -0.15) is 0 Å². The zero-order chi connectivity index (χ0) is 23.0. The molecule has 1 unspecified atom stereocenters. The minimum absolute atomic E-state index is 0.236. The van der Waals surface area contributed by atoms with Crippen LogP contribution in [0.2, 0.25) is 0 Å². The maximum absolute atomic E-state index is 14.1. The van der Waals surface area contributed by atoms with Crippen molar-refractivity contribution in [3.8, 4) is 5.75 Å². The summed E-state index contributed by atoms with van der Waals surface area (Å²) >= 11 is 0. The molecule has 3 aromatic carbocycles. The highest BCUT2D eigenvalue weighted by Gasteiger charge is 2.22. The number of hydrogen-bond donors (Lipinski definition) is 0. The molecule has 2 heteroatoms. The van der Waals surface area contributed by atoms with Gasteiger partial charge in [0.25, 0.3) is 0 Å². The van der Waals surface area contributed by atoms with E-state index in [4.69, 9.17) is 4.74 Å². The molecule has 1 aliphatic rings. The van der Waals surface area contributed by atoms with Gasteiger partial charge in [-0.15, -0.1) is 0 Å². The molecule has 4 rings (SSSR count). The first-order chi connectivity index (χ1) is 16.1. The molecule has 0 N–H and O–H groups in total. The van der Waals surface area contributed by atoms with Gasteiger partial charge in [0.05, 0.1) is 6.61 Å². The van der Waals surface area contributed by atoms with E-state index in [9.17, 15) is 4.39 Å². The normalized spacial score (nSPS) is 19.2. The van der Waals surface area contributed by atoms with Gasteiger partial charge in [0.2, 0.25) is 0 Å². The lowest BCUT2D eigenvalue weighted by Crippen LogP contribution is -2.14. The maximum Gasteiger partial charge on any atom is 0.165 e. The second-order valence-electron chi connectivity index (χ2n) is 9.71. The number of halogens is 1. The van der Waals surface area contributed by atoms with Crippen molar-refractivity contribution in [2.75, 3.05) is 6.61 Å². The SMILES string of the molecule is CCOc1ccc(CCC2CCC(c3ccc(CC(C)c4ccccc4)cc3)CC2)cc1F. The van der Waals surface area contributed by atoms with Gasteiger partial charge in [-0.05, 0) is 104 Å². The number of hydrogen-bond acceptors (Lipinski definition) is 1. The molecule has 0 aliphatic heterocycles. The molecule has 0 radical (unpaired) electrons. The van der Waals surface area contributed by atoms with Gasteiger partial charge >= 0.3 is 0 Å². The molecule has 0 aromatic heterocycles. The van der Waals surface area contributed by atoms with Crippen LogP contribution in [-0.4, -0.2) is 6.61 Å². The smallest absolute Gasteiger partial charge is 0.165 e. The summed E-state index contributed by atoms with van der Waals surface area (Å²) in [5.74, 6) is 2.10. The second-order valence-corrected chi connectivity index (χ2v) is 9.71. The average Bonchev–Trinajstić information content (AvgIpc) is 2.86. The lowest BCUT2D eigenvalue weighted by molar-refractivity contribution is 0.309. The molecule has 1 aliphatic carbocycles. The van der Waals surface area contributed by atoms with Gasteiger partial charge in [-0.3, -0.25) is 0 Å². The molecule has 0 bridgehead atoms.